The number of nitrogens with zero attached hydrogens (tertiary/aromatic N) is 1. The van der Waals surface area contributed by atoms with Crippen molar-refractivity contribution in [2.75, 3.05) is 59.8 Å². The van der Waals surface area contributed by atoms with Crippen molar-refractivity contribution in [1.82, 2.24) is 20.9 Å². The highest BCUT2D eigenvalue weighted by Gasteiger charge is 2.42. The average Bonchev–Trinajstić information content (AvgIpc) is 3.58. The van der Waals surface area contributed by atoms with Crippen LogP contribution in [0.25, 0.3) is 0 Å². The molecule has 17 nitrogen and oxygen atoms in total. The number of hydrogen-bond donors (Lipinski definition) is 6. The molecule has 2 aliphatic heterocycles. The van der Waals surface area contributed by atoms with Crippen LogP contribution in [0.5, 0.6) is 0 Å². The van der Waals surface area contributed by atoms with E-state index < -0.39 is 66.5 Å². The Morgan fingerprint density at radius 2 is 1.62 bits per heavy atom. The third-order valence-corrected chi connectivity index (χ3v) is 8.90. The Kier molecular flexibility index (Phi) is 19.3. The molecule has 0 spiro atoms. The van der Waals surface area contributed by atoms with Gasteiger partial charge in [-0.05, 0) is 39.0 Å². The fourth-order valence-electron chi connectivity index (χ4n) is 5.50. The predicted octanol–water partition coefficient (Wildman–Crippen LogP) is -1.79. The van der Waals surface area contributed by atoms with Gasteiger partial charge in [-0.15, -0.1) is 0 Å². The quantitative estimate of drug-likeness (QED) is 0.0680. The van der Waals surface area contributed by atoms with Gasteiger partial charge in [0.15, 0.2) is 12.1 Å². The lowest BCUT2D eigenvalue weighted by Gasteiger charge is -2.40. The molecular weight excluding hydrogens is 658 g/mol. The van der Waals surface area contributed by atoms with Crippen LogP contribution in [0.4, 0.5) is 0 Å². The molecule has 0 saturated carbocycles. The number of rotatable bonds is 22. The number of amides is 4. The zero-order chi connectivity index (χ0) is 37.4. The summed E-state index contributed by atoms with van der Waals surface area (Å²) in [5.41, 5.74) is 6.00. The Morgan fingerprint density at radius 3 is 2.28 bits per heavy atom. The normalized spacial score (nSPS) is 25.5. The summed E-state index contributed by atoms with van der Waals surface area (Å²) in [6.07, 6.45) is -1.92. The number of methoxy groups -OCH3 is 1. The lowest BCUT2D eigenvalue weighted by molar-refractivity contribution is -0.282. The maximum Gasteiger partial charge on any atom is 0.246 e. The molecule has 0 aromatic heterocycles. The van der Waals surface area contributed by atoms with E-state index in [-0.39, 0.29) is 56.3 Å². The number of hydrogen-bond acceptors (Lipinski definition) is 13. The maximum atomic E-state index is 12.9. The van der Waals surface area contributed by atoms with Crippen molar-refractivity contribution < 1.29 is 57.9 Å². The molecular formula is C33H59N5O12. The standard InChI is InChI=1S/C33H59N5O12/c1-19(2)27(34)32(45)38-12-7-9-23(38)31(44)37-22(5)30(43)36-21(4)24(39)10-8-13-47-15-16-48-14-11-35-26(40)18-49-17-25-20(3)28(41)29(42)33(46-6)50-25/h19-23,25,27-29,33,41-42H,7-18,34H2,1-6H3,(H,35,40)(H,36,43)(H,37,44)/t20-,21?,22?,23?,25?,27?,28+,29?,33-/m1/s1. The van der Waals surface area contributed by atoms with Gasteiger partial charge in [-0.1, -0.05) is 20.8 Å². The second-order valence-electron chi connectivity index (χ2n) is 13.2. The summed E-state index contributed by atoms with van der Waals surface area (Å²) in [6, 6.07) is -3.04. The first-order valence-corrected chi connectivity index (χ1v) is 17.4. The molecule has 0 bridgehead atoms. The van der Waals surface area contributed by atoms with E-state index in [0.29, 0.717) is 45.6 Å². The van der Waals surface area contributed by atoms with E-state index in [2.05, 4.69) is 16.0 Å². The van der Waals surface area contributed by atoms with E-state index in [9.17, 15) is 34.2 Å². The summed E-state index contributed by atoms with van der Waals surface area (Å²) in [5.74, 6) is -2.20. The Balaban J connectivity index is 1.50. The molecule has 6 unspecified atom stereocenters. The van der Waals surface area contributed by atoms with Gasteiger partial charge in [-0.2, -0.15) is 0 Å². The SMILES string of the molecule is CO[C@@H]1OC(COCC(=O)NCCOCCOCCCC(=O)C(C)NC(=O)C(C)NC(=O)C2CCCN2C(=O)C(N)C(C)C)[C@@H](C)[C@H](O)C1O. The zero-order valence-corrected chi connectivity index (χ0v) is 30.3. The Bertz CT molecular complexity index is 1100. The number of ether oxygens (including phenoxy) is 5. The number of carbonyl (C=O) groups is 5. The Hall–Kier alpha value is -2.77. The molecule has 4 amide bonds. The molecule has 2 saturated heterocycles. The van der Waals surface area contributed by atoms with Crippen LogP contribution >= 0.6 is 0 Å². The Morgan fingerprint density at radius 1 is 0.940 bits per heavy atom. The summed E-state index contributed by atoms with van der Waals surface area (Å²) in [7, 11) is 1.36. The minimum Gasteiger partial charge on any atom is -0.390 e. The monoisotopic (exact) mass is 717 g/mol. The molecule has 50 heavy (non-hydrogen) atoms. The largest absolute Gasteiger partial charge is 0.390 e. The fourth-order valence-corrected chi connectivity index (χ4v) is 5.50. The molecule has 2 heterocycles. The molecule has 17 heteroatoms. The molecule has 9 atom stereocenters. The van der Waals surface area contributed by atoms with Crippen LogP contribution in [0.3, 0.4) is 0 Å². The second kappa shape index (κ2) is 22.2. The van der Waals surface area contributed by atoms with Crippen LogP contribution in [-0.4, -0.2) is 153 Å². The molecule has 7 N–H and O–H groups in total. The summed E-state index contributed by atoms with van der Waals surface area (Å²) < 4.78 is 27.0. The third-order valence-electron chi connectivity index (χ3n) is 8.90. The predicted molar refractivity (Wildman–Crippen MR) is 179 cm³/mol. The highest BCUT2D eigenvalue weighted by Crippen LogP contribution is 2.26. The van der Waals surface area contributed by atoms with Crippen molar-refractivity contribution in [3.05, 3.63) is 0 Å². The van der Waals surface area contributed by atoms with Crippen LogP contribution in [0, 0.1) is 11.8 Å². The van der Waals surface area contributed by atoms with E-state index in [1.807, 2.05) is 13.8 Å². The van der Waals surface area contributed by atoms with Gasteiger partial charge in [0.25, 0.3) is 0 Å². The van der Waals surface area contributed by atoms with E-state index in [1.54, 1.807) is 13.8 Å². The molecule has 2 aliphatic rings. The topological polar surface area (TPSA) is 237 Å². The van der Waals surface area contributed by atoms with Gasteiger partial charge < -0.3 is 60.5 Å². The lowest BCUT2D eigenvalue weighted by Crippen LogP contribution is -2.56. The van der Waals surface area contributed by atoms with Gasteiger partial charge in [0, 0.05) is 39.1 Å². The minimum atomic E-state index is -1.16. The second-order valence-corrected chi connectivity index (χ2v) is 13.2. The number of Topliss-reactive ketones (excluding diaryl/α,β-unsaturated/α-hetero) is 1. The van der Waals surface area contributed by atoms with E-state index in [0.717, 1.165) is 0 Å². The van der Waals surface area contributed by atoms with Gasteiger partial charge in [-0.3, -0.25) is 24.0 Å². The summed E-state index contributed by atoms with van der Waals surface area (Å²) in [5, 5.41) is 28.0. The van der Waals surface area contributed by atoms with E-state index >= 15 is 0 Å². The molecule has 0 aromatic carbocycles. The number of nitrogens with one attached hydrogen (secondary N) is 3. The molecule has 0 aromatic rings. The van der Waals surface area contributed by atoms with Crippen molar-refractivity contribution in [2.24, 2.45) is 17.6 Å². The van der Waals surface area contributed by atoms with E-state index in [4.69, 9.17) is 29.4 Å². The Labute approximate surface area is 294 Å². The average molecular weight is 718 g/mol. The molecule has 0 aliphatic carbocycles. The van der Waals surface area contributed by atoms with Gasteiger partial charge >= 0.3 is 0 Å². The highest BCUT2D eigenvalue weighted by molar-refractivity contribution is 5.95. The van der Waals surface area contributed by atoms with Crippen molar-refractivity contribution in [3.8, 4) is 0 Å². The zero-order valence-electron chi connectivity index (χ0n) is 30.3. The summed E-state index contributed by atoms with van der Waals surface area (Å²) in [4.78, 5) is 64.3. The molecule has 2 fully saturated rings. The van der Waals surface area contributed by atoms with Crippen molar-refractivity contribution in [1.29, 1.82) is 0 Å². The highest BCUT2D eigenvalue weighted by atomic mass is 16.7. The van der Waals surface area contributed by atoms with Crippen LogP contribution in [-0.2, 0) is 47.7 Å². The van der Waals surface area contributed by atoms with Crippen molar-refractivity contribution in [3.63, 3.8) is 0 Å². The molecule has 2 rings (SSSR count). The third kappa shape index (κ3) is 13.7. The van der Waals surface area contributed by atoms with Crippen molar-refractivity contribution >= 4 is 29.4 Å². The number of likely N-dealkylation sites (tertiary alicyclic amines) is 1. The lowest BCUT2D eigenvalue weighted by atomic mass is 9.91. The summed E-state index contributed by atoms with van der Waals surface area (Å²) >= 11 is 0. The fraction of sp³-hybridized carbons (Fsp3) is 0.848. The van der Waals surface area contributed by atoms with Gasteiger partial charge in [0.05, 0.1) is 50.7 Å². The summed E-state index contributed by atoms with van der Waals surface area (Å²) in [6.45, 7) is 10.2. The van der Waals surface area contributed by atoms with E-state index in [1.165, 1.54) is 18.9 Å². The van der Waals surface area contributed by atoms with Gasteiger partial charge in [0.2, 0.25) is 23.6 Å². The van der Waals surface area contributed by atoms with Gasteiger partial charge in [0.1, 0.15) is 24.8 Å². The number of nitrogens with two attached hydrogens (primary N) is 1. The van der Waals surface area contributed by atoms with Gasteiger partial charge in [-0.25, -0.2) is 0 Å². The molecule has 288 valence electrons. The maximum absolute atomic E-state index is 12.9. The first kappa shape index (κ1) is 43.4. The number of carbonyl (C=O) groups excluding carboxylic acids is 5. The van der Waals surface area contributed by atoms with Crippen LogP contribution in [0.15, 0.2) is 0 Å². The van der Waals surface area contributed by atoms with Crippen LogP contribution < -0.4 is 21.7 Å². The number of aliphatic hydroxyl groups excluding tert-OH is 2. The van der Waals surface area contributed by atoms with Crippen LogP contribution in [0.1, 0.15) is 60.3 Å². The minimum absolute atomic E-state index is 0.0453. The van der Waals surface area contributed by atoms with Crippen LogP contribution in [0.2, 0.25) is 0 Å². The first-order chi connectivity index (χ1) is 23.7. The number of ketones is 1. The van der Waals surface area contributed by atoms with Crippen molar-refractivity contribution in [2.45, 2.75) is 109 Å². The first-order valence-electron chi connectivity index (χ1n) is 17.4. The molecule has 0 radical (unpaired) electrons. The smallest absolute Gasteiger partial charge is 0.246 e. The number of aliphatic hydroxyl groups is 2.